The number of nitriles is 1. The van der Waals surface area contributed by atoms with Crippen LogP contribution in [0.1, 0.15) is 123 Å². The van der Waals surface area contributed by atoms with Gasteiger partial charge in [0.25, 0.3) is 11.8 Å². The molecule has 1 unspecified atom stereocenters. The molecule has 1 saturated heterocycles. The Balaban J connectivity index is 0.641. The van der Waals surface area contributed by atoms with E-state index in [2.05, 4.69) is 52.7 Å². The fourth-order valence-electron chi connectivity index (χ4n) is 9.64. The highest BCUT2D eigenvalue weighted by atomic mass is 19.4. The van der Waals surface area contributed by atoms with Gasteiger partial charge in [-0.25, -0.2) is 4.98 Å². The van der Waals surface area contributed by atoms with E-state index in [0.717, 1.165) is 75.7 Å². The van der Waals surface area contributed by atoms with Crippen LogP contribution in [0.5, 0.6) is 0 Å². The number of nitrogens with zero attached hydrogens (tertiary/aromatic N) is 4. The average molecular weight is 1140 g/mol. The van der Waals surface area contributed by atoms with E-state index in [1.54, 1.807) is 30.4 Å². The maximum atomic E-state index is 13.2. The highest BCUT2D eigenvalue weighted by Gasteiger charge is 2.45. The maximum Gasteiger partial charge on any atom is 0.572 e. The number of piperidine rings is 1. The molecule has 1 aromatic carbocycles. The van der Waals surface area contributed by atoms with Gasteiger partial charge < -0.3 is 59.7 Å². The summed E-state index contributed by atoms with van der Waals surface area (Å²) in [6.07, 6.45) is 12.0. The molecule has 446 valence electrons. The topological polar surface area (TPSA) is 275 Å². The van der Waals surface area contributed by atoms with Crippen molar-refractivity contribution >= 4 is 47.0 Å². The fourth-order valence-corrected chi connectivity index (χ4v) is 9.64. The van der Waals surface area contributed by atoms with Gasteiger partial charge in [-0.1, -0.05) is 43.9 Å². The van der Waals surface area contributed by atoms with Gasteiger partial charge in [0.15, 0.2) is 0 Å². The Morgan fingerprint density at radius 1 is 0.741 bits per heavy atom. The van der Waals surface area contributed by atoms with E-state index >= 15 is 0 Å². The number of imide groups is 2. The first-order chi connectivity index (χ1) is 39.4. The summed E-state index contributed by atoms with van der Waals surface area (Å²) >= 11 is 0. The number of allylic oxidation sites excluding steroid dienone is 2. The second kappa shape index (κ2) is 35.6. The van der Waals surface area contributed by atoms with E-state index in [1.807, 2.05) is 0 Å². The highest BCUT2D eigenvalue weighted by molar-refractivity contribution is 6.25. The molecule has 2 aromatic rings. The molecule has 2 aliphatic heterocycles. The molecule has 2 aliphatic carbocycles. The van der Waals surface area contributed by atoms with Crippen LogP contribution in [0, 0.1) is 17.2 Å². The van der Waals surface area contributed by atoms with Crippen molar-refractivity contribution in [2.75, 3.05) is 128 Å². The number of alkyl halides is 3. The molecular weight excluding hydrogens is 1060 g/mol. The molecule has 1 saturated carbocycles. The molecule has 1 aromatic heterocycles. The van der Waals surface area contributed by atoms with Gasteiger partial charge in [-0.3, -0.25) is 34.2 Å². The van der Waals surface area contributed by atoms with Crippen molar-refractivity contribution in [2.24, 2.45) is 5.92 Å². The van der Waals surface area contributed by atoms with Crippen LogP contribution in [0.2, 0.25) is 0 Å². The number of carbonyl (C=O) groups excluding carboxylic acids is 5. The molecule has 6 rings (SSSR count). The molecule has 4 aliphatic rings. The lowest BCUT2D eigenvalue weighted by molar-refractivity contribution is -0.306. The van der Waals surface area contributed by atoms with Crippen LogP contribution in [-0.2, 0) is 47.5 Å². The Bertz CT molecular complexity index is 2430. The first-order valence-corrected chi connectivity index (χ1v) is 28.3. The summed E-state index contributed by atoms with van der Waals surface area (Å²) in [5.41, 5.74) is 1.54. The zero-order valence-corrected chi connectivity index (χ0v) is 46.1. The number of hydrogen-bond acceptors (Lipinski definition) is 19. The highest BCUT2D eigenvalue weighted by Crippen LogP contribution is 2.33. The Labute approximate surface area is 471 Å². The normalized spacial score (nSPS) is 18.2. The van der Waals surface area contributed by atoms with Gasteiger partial charge in [0, 0.05) is 62.7 Å². The third kappa shape index (κ3) is 22.9. The van der Waals surface area contributed by atoms with Crippen molar-refractivity contribution in [1.29, 1.82) is 5.26 Å². The molecule has 5 amide bonds. The van der Waals surface area contributed by atoms with E-state index in [1.165, 1.54) is 6.20 Å². The van der Waals surface area contributed by atoms with E-state index in [4.69, 9.17) is 28.4 Å². The molecular formula is C56H79F3N10O12. The third-order valence-electron chi connectivity index (χ3n) is 13.9. The van der Waals surface area contributed by atoms with Crippen LogP contribution < -0.4 is 31.9 Å². The number of benzene rings is 1. The summed E-state index contributed by atoms with van der Waals surface area (Å²) in [5.74, 6) is -1.32. The molecule has 3 heterocycles. The summed E-state index contributed by atoms with van der Waals surface area (Å²) in [4.78, 5) is 71.9. The van der Waals surface area contributed by atoms with Gasteiger partial charge >= 0.3 is 6.36 Å². The van der Waals surface area contributed by atoms with Crippen molar-refractivity contribution in [2.45, 2.75) is 115 Å². The molecule has 0 spiro atoms. The van der Waals surface area contributed by atoms with Gasteiger partial charge in [-0.05, 0) is 76.0 Å². The van der Waals surface area contributed by atoms with Gasteiger partial charge in [0.1, 0.15) is 29.3 Å². The van der Waals surface area contributed by atoms with Gasteiger partial charge in [0.2, 0.25) is 23.7 Å². The number of halogens is 3. The molecule has 81 heavy (non-hydrogen) atoms. The molecule has 25 heteroatoms. The van der Waals surface area contributed by atoms with Crippen molar-refractivity contribution in [1.82, 2.24) is 30.8 Å². The van der Waals surface area contributed by atoms with E-state index in [9.17, 15) is 42.4 Å². The maximum absolute atomic E-state index is 13.2. The van der Waals surface area contributed by atoms with Crippen molar-refractivity contribution in [3.8, 4) is 6.07 Å². The Morgan fingerprint density at radius 3 is 2.04 bits per heavy atom. The standard InChI is InChI=1S/C56H79F3N10O12/c57-56(58,59)81-47-13-6-5-10-41(47)38-65-55-66-39-42(36-60)51(68-55)64-37-40-14-16-43(17-15-40)61-21-7-3-1-2-4-8-22-63-48(70)20-24-75-26-28-77-30-32-79-34-35-80-33-31-78-29-27-76-25-23-62-45-12-9-11-44-50(45)54(74)69(53(44)73)46-18-19-49(71)67-52(46)72/h5,9-12,39-40,43,46,61-62H,1-4,6-8,13-35,37-38H2,(H,63,70)(H,67,71,72)(H2,64,65,66,68). The summed E-state index contributed by atoms with van der Waals surface area (Å²) in [6, 6.07) is 6.47. The molecule has 22 nitrogen and oxygen atoms in total. The predicted octanol–water partition coefficient (Wildman–Crippen LogP) is 5.92. The average Bonchev–Trinajstić information content (AvgIpc) is 3.38. The number of aromatic nitrogens is 2. The van der Waals surface area contributed by atoms with Crippen molar-refractivity contribution < 1.29 is 70.3 Å². The number of amides is 5. The Kier molecular flexibility index (Phi) is 28.1. The minimum absolute atomic E-state index is 0.0190. The van der Waals surface area contributed by atoms with Crippen LogP contribution in [0.15, 0.2) is 47.9 Å². The number of hydrogen-bond donors (Lipinski definition) is 6. The summed E-state index contributed by atoms with van der Waals surface area (Å²) in [6.45, 7) is 7.37. The lowest BCUT2D eigenvalue weighted by Crippen LogP contribution is -2.54. The monoisotopic (exact) mass is 1140 g/mol. The van der Waals surface area contributed by atoms with E-state index < -0.39 is 36.0 Å². The van der Waals surface area contributed by atoms with Crippen LogP contribution in [0.4, 0.5) is 30.6 Å². The summed E-state index contributed by atoms with van der Waals surface area (Å²) < 4.78 is 76.1. The number of unbranched alkanes of at least 4 members (excludes halogenated alkanes) is 5. The Hall–Kier alpha value is -6.27. The van der Waals surface area contributed by atoms with Crippen LogP contribution in [-0.4, -0.2) is 175 Å². The summed E-state index contributed by atoms with van der Waals surface area (Å²) in [5, 5.41) is 27.9. The van der Waals surface area contributed by atoms with Crippen LogP contribution >= 0.6 is 0 Å². The molecule has 1 atom stereocenters. The van der Waals surface area contributed by atoms with Gasteiger partial charge in [-0.2, -0.15) is 10.2 Å². The number of ether oxygens (including phenoxy) is 7. The predicted molar refractivity (Wildman–Crippen MR) is 292 cm³/mol. The second-order valence-corrected chi connectivity index (χ2v) is 19.9. The smallest absolute Gasteiger partial charge is 0.410 e. The van der Waals surface area contributed by atoms with Crippen LogP contribution in [0.3, 0.4) is 0 Å². The Morgan fingerprint density at radius 2 is 1.38 bits per heavy atom. The second-order valence-electron chi connectivity index (χ2n) is 19.9. The lowest BCUT2D eigenvalue weighted by Gasteiger charge is -2.29. The zero-order chi connectivity index (χ0) is 57.5. The molecule has 0 radical (unpaired) electrons. The number of rotatable bonds is 40. The number of nitrogens with one attached hydrogen (secondary N) is 6. The molecule has 6 N–H and O–H groups in total. The first kappa shape index (κ1) is 63.9. The molecule has 2 fully saturated rings. The number of carbonyl (C=O) groups is 5. The summed E-state index contributed by atoms with van der Waals surface area (Å²) in [7, 11) is 0. The zero-order valence-electron chi connectivity index (χ0n) is 46.1. The van der Waals surface area contributed by atoms with Crippen molar-refractivity contribution in [3.05, 3.63) is 64.6 Å². The fraction of sp³-hybridized carbons (Fsp3) is 0.643. The quantitative estimate of drug-likeness (QED) is 0.0334. The first-order valence-electron chi connectivity index (χ1n) is 28.3. The minimum Gasteiger partial charge on any atom is -0.410 e. The van der Waals surface area contributed by atoms with Gasteiger partial charge in [0.05, 0.1) is 96.6 Å². The number of anilines is 3. The van der Waals surface area contributed by atoms with E-state index in [-0.39, 0.29) is 54.5 Å². The van der Waals surface area contributed by atoms with Gasteiger partial charge in [-0.15, -0.1) is 13.2 Å². The van der Waals surface area contributed by atoms with E-state index in [0.29, 0.717) is 146 Å². The molecule has 0 bridgehead atoms. The third-order valence-corrected chi connectivity index (χ3v) is 13.9. The lowest BCUT2D eigenvalue weighted by atomic mass is 9.86. The largest absolute Gasteiger partial charge is 0.572 e. The van der Waals surface area contributed by atoms with Crippen LogP contribution in [0.25, 0.3) is 0 Å². The number of fused-ring (bicyclic) bond motifs is 1. The van der Waals surface area contributed by atoms with Crippen molar-refractivity contribution in [3.63, 3.8) is 0 Å². The SMILES string of the molecule is N#Cc1cnc(NCC2=C(OC(F)(F)F)CCC=C2)nc1NCC1CCC(NCCCCCCCCNC(=O)CCOCCOCCOCCOCCOCCOCCNc2cccc3c2C(=O)N(C2CCC(=O)NC2=O)C3=O)CC1. The minimum atomic E-state index is -4.76.